The molecule has 0 saturated carbocycles. The Morgan fingerprint density at radius 1 is 1.14 bits per heavy atom. The third kappa shape index (κ3) is 7.75. The largest absolute Gasteiger partial charge is 0.469 e. The highest BCUT2D eigenvalue weighted by Gasteiger charge is 2.25. The second-order valence-corrected chi connectivity index (χ2v) is 9.88. The average Bonchev–Trinajstić information content (AvgIpc) is 3.02. The molecule has 37 heavy (non-hydrogen) atoms. The minimum absolute atomic E-state index is 0.0444. The van der Waals surface area contributed by atoms with Crippen molar-refractivity contribution in [2.24, 2.45) is 5.92 Å². The monoisotopic (exact) mass is 501 g/mol. The molecular weight excluding hydrogens is 462 g/mol. The number of benzene rings is 1. The number of ether oxygens (including phenoxy) is 1. The van der Waals surface area contributed by atoms with E-state index in [0.717, 1.165) is 49.6 Å². The molecule has 1 aliphatic heterocycles. The maximum absolute atomic E-state index is 12.6. The van der Waals surface area contributed by atoms with Crippen molar-refractivity contribution in [2.75, 3.05) is 18.6 Å². The number of hydrogen-bond donors (Lipinski definition) is 0. The average molecular weight is 502 g/mol. The van der Waals surface area contributed by atoms with Crippen LogP contribution in [0, 0.1) is 19.8 Å². The van der Waals surface area contributed by atoms with Gasteiger partial charge in [-0.3, -0.25) is 14.4 Å². The van der Waals surface area contributed by atoms with E-state index in [1.54, 1.807) is 6.92 Å². The third-order valence-electron chi connectivity index (χ3n) is 7.18. The van der Waals surface area contributed by atoms with Gasteiger partial charge in [-0.05, 0) is 88.0 Å². The van der Waals surface area contributed by atoms with Gasteiger partial charge in [0.15, 0.2) is 5.78 Å². The molecule has 0 fully saturated rings. The number of carbonyl (C=O) groups is 3. The molecule has 1 aliphatic carbocycles. The summed E-state index contributed by atoms with van der Waals surface area (Å²) in [6, 6.07) is 4.37. The standard InChI is InChI=1S/C32H39NO4/c1-23-20-28-14-15-29(25(3)35)30(17-19-34)33(31(28)21-24(23)2)18-16-27(12-8-9-13-32(36)37-4)22-26-10-6-5-7-11-26/h5-7,10,12,15,17,19-21,26H,8-9,11,13-14,16,18,22H2,1-4H3. The van der Waals surface area contributed by atoms with E-state index in [2.05, 4.69) is 61.3 Å². The number of Topliss-reactive ketones (excluding diaryl/α,β-unsaturated/α-hetero) is 1. The van der Waals surface area contributed by atoms with Crippen LogP contribution in [0.4, 0.5) is 5.69 Å². The van der Waals surface area contributed by atoms with Gasteiger partial charge in [-0.15, -0.1) is 0 Å². The number of aryl methyl sites for hydroxylation is 2. The van der Waals surface area contributed by atoms with Gasteiger partial charge in [0.2, 0.25) is 0 Å². The van der Waals surface area contributed by atoms with Crippen LogP contribution >= 0.6 is 0 Å². The lowest BCUT2D eigenvalue weighted by Gasteiger charge is -2.30. The predicted molar refractivity (Wildman–Crippen MR) is 149 cm³/mol. The summed E-state index contributed by atoms with van der Waals surface area (Å²) >= 11 is 0. The molecule has 5 nitrogen and oxygen atoms in total. The number of aldehydes is 1. The molecule has 0 amide bonds. The van der Waals surface area contributed by atoms with Crippen LogP contribution in [0.1, 0.15) is 62.1 Å². The smallest absolute Gasteiger partial charge is 0.305 e. The van der Waals surface area contributed by atoms with Crippen LogP contribution in [0.3, 0.4) is 0 Å². The molecule has 0 saturated heterocycles. The number of unbranched alkanes of at least 4 members (excludes halogenated alkanes) is 1. The van der Waals surface area contributed by atoms with E-state index in [9.17, 15) is 14.4 Å². The lowest BCUT2D eigenvalue weighted by molar-refractivity contribution is -0.140. The van der Waals surface area contributed by atoms with Gasteiger partial charge in [-0.1, -0.05) is 48.1 Å². The van der Waals surface area contributed by atoms with Crippen molar-refractivity contribution < 1.29 is 19.1 Å². The number of esters is 1. The molecule has 0 aromatic heterocycles. The first kappa shape index (κ1) is 28.1. The van der Waals surface area contributed by atoms with E-state index < -0.39 is 0 Å². The Labute approximate surface area is 221 Å². The maximum atomic E-state index is 12.6. The topological polar surface area (TPSA) is 63.7 Å². The number of anilines is 1. The lowest BCUT2D eigenvalue weighted by Crippen LogP contribution is -2.27. The molecule has 0 N–H and O–H groups in total. The Kier molecular flexibility index (Phi) is 10.4. The van der Waals surface area contributed by atoms with E-state index in [4.69, 9.17) is 4.74 Å². The van der Waals surface area contributed by atoms with Gasteiger partial charge >= 0.3 is 5.97 Å². The van der Waals surface area contributed by atoms with E-state index in [1.165, 1.54) is 29.9 Å². The summed E-state index contributed by atoms with van der Waals surface area (Å²) < 4.78 is 4.78. The van der Waals surface area contributed by atoms with Gasteiger partial charge in [0.1, 0.15) is 6.29 Å². The molecule has 3 rings (SSSR count). The summed E-state index contributed by atoms with van der Waals surface area (Å²) in [5.41, 5.74) is 7.16. The zero-order chi connectivity index (χ0) is 26.8. The van der Waals surface area contributed by atoms with Gasteiger partial charge < -0.3 is 9.64 Å². The van der Waals surface area contributed by atoms with Crippen molar-refractivity contribution in [3.63, 3.8) is 0 Å². The summed E-state index contributed by atoms with van der Waals surface area (Å²) in [4.78, 5) is 38.0. The SMILES string of the molecule is COC(=O)CCCC=C(CCN1C(=CC=O)C(C(C)=O)=CCc2cc(C)c(C)cc21)CC1C=CC=CC1. The number of rotatable bonds is 11. The first-order valence-electron chi connectivity index (χ1n) is 13.2. The normalized spacial score (nSPS) is 18.3. The zero-order valence-corrected chi connectivity index (χ0v) is 22.6. The van der Waals surface area contributed by atoms with Crippen molar-refractivity contribution >= 4 is 23.7 Å². The highest BCUT2D eigenvalue weighted by atomic mass is 16.5. The molecule has 1 unspecified atom stereocenters. The minimum atomic E-state index is -0.186. The fraction of sp³-hybridized carbons (Fsp3) is 0.406. The molecule has 0 radical (unpaired) electrons. The van der Waals surface area contributed by atoms with E-state index in [0.29, 0.717) is 36.6 Å². The summed E-state index contributed by atoms with van der Waals surface area (Å²) in [6.07, 6.45) is 20.5. The molecule has 1 aromatic rings. The number of allylic oxidation sites excluding steroid dienone is 8. The first-order valence-corrected chi connectivity index (χ1v) is 13.2. The highest BCUT2D eigenvalue weighted by molar-refractivity contribution is 6.00. The highest BCUT2D eigenvalue weighted by Crippen LogP contribution is 2.35. The molecule has 2 aliphatic rings. The number of hydrogen-bond acceptors (Lipinski definition) is 5. The molecule has 1 atom stereocenters. The Morgan fingerprint density at radius 3 is 2.59 bits per heavy atom. The molecule has 1 heterocycles. The van der Waals surface area contributed by atoms with Crippen molar-refractivity contribution in [2.45, 2.75) is 65.7 Å². The van der Waals surface area contributed by atoms with Gasteiger partial charge in [0.05, 0.1) is 12.8 Å². The fourth-order valence-electron chi connectivity index (χ4n) is 4.99. The molecule has 196 valence electrons. The van der Waals surface area contributed by atoms with Crippen LogP contribution in [0.15, 0.2) is 71.5 Å². The Morgan fingerprint density at radius 2 is 1.92 bits per heavy atom. The van der Waals surface area contributed by atoms with Gasteiger partial charge in [0, 0.05) is 30.3 Å². The quantitative estimate of drug-likeness (QED) is 0.115. The third-order valence-corrected chi connectivity index (χ3v) is 7.18. The van der Waals surface area contributed by atoms with Crippen molar-refractivity contribution in [1.82, 2.24) is 0 Å². The number of methoxy groups -OCH3 is 1. The van der Waals surface area contributed by atoms with Crippen LogP contribution in [0.2, 0.25) is 0 Å². The van der Waals surface area contributed by atoms with Crippen LogP contribution in [-0.2, 0) is 25.5 Å². The lowest BCUT2D eigenvalue weighted by atomic mass is 9.90. The summed E-state index contributed by atoms with van der Waals surface area (Å²) in [5, 5.41) is 0. The summed E-state index contributed by atoms with van der Waals surface area (Å²) in [7, 11) is 1.42. The van der Waals surface area contributed by atoms with Crippen molar-refractivity contribution in [3.8, 4) is 0 Å². The first-order chi connectivity index (χ1) is 17.8. The zero-order valence-electron chi connectivity index (χ0n) is 22.6. The second kappa shape index (κ2) is 13.7. The van der Waals surface area contributed by atoms with E-state index in [1.807, 2.05) is 6.08 Å². The van der Waals surface area contributed by atoms with Gasteiger partial charge in [0.25, 0.3) is 0 Å². The number of ketones is 1. The fourth-order valence-corrected chi connectivity index (χ4v) is 4.99. The van der Waals surface area contributed by atoms with Gasteiger partial charge in [-0.25, -0.2) is 0 Å². The summed E-state index contributed by atoms with van der Waals surface area (Å²) in [6.45, 7) is 6.40. The Bertz CT molecular complexity index is 1170. The summed E-state index contributed by atoms with van der Waals surface area (Å²) in [5.74, 6) is 0.210. The maximum Gasteiger partial charge on any atom is 0.305 e. The minimum Gasteiger partial charge on any atom is -0.469 e. The molecule has 5 heteroatoms. The van der Waals surface area contributed by atoms with Crippen molar-refractivity contribution in [3.05, 3.63) is 88.2 Å². The van der Waals surface area contributed by atoms with Crippen LogP contribution in [0.25, 0.3) is 0 Å². The second-order valence-electron chi connectivity index (χ2n) is 9.88. The van der Waals surface area contributed by atoms with Crippen molar-refractivity contribution in [1.29, 1.82) is 0 Å². The molecular formula is C32H39NO4. The Balaban J connectivity index is 1.91. The molecule has 1 aromatic carbocycles. The van der Waals surface area contributed by atoms with E-state index in [-0.39, 0.29) is 11.8 Å². The molecule has 0 bridgehead atoms. The Hall–Kier alpha value is -3.47. The number of nitrogens with zero attached hydrogens (tertiary/aromatic N) is 1. The van der Waals surface area contributed by atoms with Crippen LogP contribution < -0.4 is 4.90 Å². The molecule has 0 spiro atoms. The predicted octanol–water partition coefficient (Wildman–Crippen LogP) is 6.45. The van der Waals surface area contributed by atoms with Gasteiger partial charge in [-0.2, -0.15) is 0 Å². The number of fused-ring (bicyclic) bond motifs is 1. The van der Waals surface area contributed by atoms with Crippen LogP contribution in [-0.4, -0.2) is 31.7 Å². The van der Waals surface area contributed by atoms with E-state index >= 15 is 0 Å². The number of carbonyl (C=O) groups excluding carboxylic acids is 3. The van der Waals surface area contributed by atoms with Crippen LogP contribution in [0.5, 0.6) is 0 Å².